The van der Waals surface area contributed by atoms with Gasteiger partial charge >= 0.3 is 6.01 Å². The Kier molecular flexibility index (Phi) is 2.20. The molecule has 0 radical (unpaired) electrons. The van der Waals surface area contributed by atoms with E-state index < -0.39 is 0 Å². The van der Waals surface area contributed by atoms with E-state index in [1.807, 2.05) is 10.9 Å². The molecule has 0 aliphatic heterocycles. The molecule has 0 aromatic carbocycles. The minimum absolute atomic E-state index is 0.146. The monoisotopic (exact) mass is 259 g/mol. The molecular weight excluding hydrogens is 246 g/mol. The van der Waals surface area contributed by atoms with E-state index in [1.165, 1.54) is 0 Å². The van der Waals surface area contributed by atoms with E-state index in [9.17, 15) is 4.79 Å². The van der Waals surface area contributed by atoms with Crippen LogP contribution in [0.4, 0.5) is 6.01 Å². The van der Waals surface area contributed by atoms with Gasteiger partial charge in [-0.3, -0.25) is 14.8 Å². The van der Waals surface area contributed by atoms with Crippen LogP contribution in [0.1, 0.15) is 54.0 Å². The van der Waals surface area contributed by atoms with E-state index in [1.54, 1.807) is 6.07 Å². The first-order valence-corrected chi connectivity index (χ1v) is 6.49. The van der Waals surface area contributed by atoms with Crippen molar-refractivity contribution in [3.05, 3.63) is 23.8 Å². The summed E-state index contributed by atoms with van der Waals surface area (Å²) in [5, 5.41) is 14.5. The van der Waals surface area contributed by atoms with E-state index in [-0.39, 0.29) is 11.9 Å². The average molecular weight is 259 g/mol. The van der Waals surface area contributed by atoms with Gasteiger partial charge in [0.05, 0.1) is 6.04 Å². The fourth-order valence-electron chi connectivity index (χ4n) is 1.94. The highest BCUT2D eigenvalue weighted by molar-refractivity contribution is 6.01. The van der Waals surface area contributed by atoms with Gasteiger partial charge in [-0.1, -0.05) is 5.10 Å². The van der Waals surface area contributed by atoms with Gasteiger partial charge in [-0.2, -0.15) is 5.10 Å². The standard InChI is InChI=1S/C12H13N5O2/c18-10(9-5-6-17(16-9)8-3-4-8)13-12-15-14-11(19-12)7-1-2-7/h5-8H,1-4H2,(H,13,15,18). The molecule has 0 spiro atoms. The van der Waals surface area contributed by atoms with Gasteiger partial charge in [0, 0.05) is 12.1 Å². The van der Waals surface area contributed by atoms with E-state index >= 15 is 0 Å². The zero-order valence-electron chi connectivity index (χ0n) is 10.2. The van der Waals surface area contributed by atoms with Crippen LogP contribution in [0.2, 0.25) is 0 Å². The van der Waals surface area contributed by atoms with Crippen LogP contribution < -0.4 is 5.32 Å². The normalized spacial score (nSPS) is 18.5. The van der Waals surface area contributed by atoms with Crippen LogP contribution in [0.15, 0.2) is 16.7 Å². The summed E-state index contributed by atoms with van der Waals surface area (Å²) in [5.74, 6) is 0.677. The molecule has 7 heteroatoms. The second-order valence-electron chi connectivity index (χ2n) is 5.09. The first-order chi connectivity index (χ1) is 9.29. The largest absolute Gasteiger partial charge is 0.408 e. The number of nitrogens with zero attached hydrogens (tertiary/aromatic N) is 4. The van der Waals surface area contributed by atoms with Crippen LogP contribution in [0.25, 0.3) is 0 Å². The molecule has 98 valence electrons. The summed E-state index contributed by atoms with van der Waals surface area (Å²) in [7, 11) is 0. The molecule has 1 N–H and O–H groups in total. The molecule has 2 aliphatic carbocycles. The number of hydrogen-bond donors (Lipinski definition) is 1. The minimum atomic E-state index is -0.314. The van der Waals surface area contributed by atoms with Gasteiger partial charge in [-0.15, -0.1) is 5.10 Å². The Labute approximate surface area is 109 Å². The predicted octanol–water partition coefficient (Wildman–Crippen LogP) is 1.73. The van der Waals surface area contributed by atoms with Crippen molar-refractivity contribution >= 4 is 11.9 Å². The fourth-order valence-corrected chi connectivity index (χ4v) is 1.94. The highest BCUT2D eigenvalue weighted by atomic mass is 16.4. The molecule has 0 bridgehead atoms. The molecule has 4 rings (SSSR count). The van der Waals surface area contributed by atoms with E-state index in [0.29, 0.717) is 23.5 Å². The number of nitrogens with one attached hydrogen (secondary N) is 1. The van der Waals surface area contributed by atoms with E-state index in [2.05, 4.69) is 20.6 Å². The van der Waals surface area contributed by atoms with Gasteiger partial charge < -0.3 is 4.42 Å². The maximum absolute atomic E-state index is 12.0. The van der Waals surface area contributed by atoms with Crippen molar-refractivity contribution in [1.29, 1.82) is 0 Å². The van der Waals surface area contributed by atoms with Gasteiger partial charge in [-0.05, 0) is 31.7 Å². The fraction of sp³-hybridized carbons (Fsp3) is 0.500. The summed E-state index contributed by atoms with van der Waals surface area (Å²) >= 11 is 0. The molecule has 2 saturated carbocycles. The van der Waals surface area contributed by atoms with Crippen LogP contribution in [0, 0.1) is 0 Å². The molecule has 19 heavy (non-hydrogen) atoms. The second kappa shape index (κ2) is 3.91. The Hall–Kier alpha value is -2.18. The molecule has 1 amide bonds. The number of amides is 1. The Balaban J connectivity index is 1.46. The predicted molar refractivity (Wildman–Crippen MR) is 64.7 cm³/mol. The zero-order valence-corrected chi connectivity index (χ0v) is 10.2. The minimum Gasteiger partial charge on any atom is -0.408 e. The summed E-state index contributed by atoms with van der Waals surface area (Å²) in [5.41, 5.74) is 0.373. The number of rotatable bonds is 4. The molecule has 2 aromatic rings. The third kappa shape index (κ3) is 2.11. The Morgan fingerprint density at radius 3 is 2.89 bits per heavy atom. The lowest BCUT2D eigenvalue weighted by Gasteiger charge is -1.97. The van der Waals surface area contributed by atoms with Gasteiger partial charge in [0.15, 0.2) is 5.69 Å². The third-order valence-corrected chi connectivity index (χ3v) is 3.35. The van der Waals surface area contributed by atoms with Crippen molar-refractivity contribution in [2.75, 3.05) is 5.32 Å². The zero-order chi connectivity index (χ0) is 12.8. The van der Waals surface area contributed by atoms with Crippen LogP contribution in [0.3, 0.4) is 0 Å². The topological polar surface area (TPSA) is 85.8 Å². The van der Waals surface area contributed by atoms with Crippen molar-refractivity contribution < 1.29 is 9.21 Å². The van der Waals surface area contributed by atoms with Gasteiger partial charge in [0.25, 0.3) is 5.91 Å². The Morgan fingerprint density at radius 2 is 2.16 bits per heavy atom. The first-order valence-electron chi connectivity index (χ1n) is 6.49. The molecule has 7 nitrogen and oxygen atoms in total. The highest BCUT2D eigenvalue weighted by Crippen LogP contribution is 2.39. The third-order valence-electron chi connectivity index (χ3n) is 3.35. The maximum atomic E-state index is 12.0. The molecule has 0 atom stereocenters. The van der Waals surface area contributed by atoms with E-state index in [4.69, 9.17) is 4.42 Å². The Morgan fingerprint density at radius 1 is 1.32 bits per heavy atom. The number of anilines is 1. The van der Waals surface area contributed by atoms with Crippen molar-refractivity contribution in [2.24, 2.45) is 0 Å². The van der Waals surface area contributed by atoms with Crippen LogP contribution in [-0.4, -0.2) is 25.9 Å². The number of carbonyl (C=O) groups is 1. The van der Waals surface area contributed by atoms with Gasteiger partial charge in [-0.25, -0.2) is 0 Å². The molecule has 2 aromatic heterocycles. The lowest BCUT2D eigenvalue weighted by Crippen LogP contribution is -2.13. The molecule has 2 fully saturated rings. The summed E-state index contributed by atoms with van der Waals surface area (Å²) in [4.78, 5) is 12.0. The molecule has 2 heterocycles. The second-order valence-corrected chi connectivity index (χ2v) is 5.09. The SMILES string of the molecule is O=C(Nc1nnc(C2CC2)o1)c1ccn(C2CC2)n1. The molecule has 2 aliphatic rings. The number of aromatic nitrogens is 4. The summed E-state index contributed by atoms with van der Waals surface area (Å²) in [6.07, 6.45) is 6.27. The summed E-state index contributed by atoms with van der Waals surface area (Å²) in [6, 6.07) is 2.31. The maximum Gasteiger partial charge on any atom is 0.322 e. The van der Waals surface area contributed by atoms with Gasteiger partial charge in [0.2, 0.25) is 5.89 Å². The van der Waals surface area contributed by atoms with Crippen molar-refractivity contribution in [3.8, 4) is 0 Å². The van der Waals surface area contributed by atoms with Gasteiger partial charge in [0.1, 0.15) is 0 Å². The Bertz CT molecular complexity index is 624. The molecule has 0 saturated heterocycles. The summed E-state index contributed by atoms with van der Waals surface area (Å²) < 4.78 is 7.21. The average Bonchev–Trinajstić information content (AvgIpc) is 3.34. The van der Waals surface area contributed by atoms with Crippen molar-refractivity contribution in [1.82, 2.24) is 20.0 Å². The number of carbonyl (C=O) groups excluding carboxylic acids is 1. The highest BCUT2D eigenvalue weighted by Gasteiger charge is 2.30. The van der Waals surface area contributed by atoms with Crippen LogP contribution in [-0.2, 0) is 0 Å². The molecular formula is C12H13N5O2. The smallest absolute Gasteiger partial charge is 0.322 e. The van der Waals surface area contributed by atoms with Crippen molar-refractivity contribution in [3.63, 3.8) is 0 Å². The quantitative estimate of drug-likeness (QED) is 0.903. The number of hydrogen-bond acceptors (Lipinski definition) is 5. The molecule has 0 unspecified atom stereocenters. The lowest BCUT2D eigenvalue weighted by atomic mass is 10.4. The van der Waals surface area contributed by atoms with Crippen LogP contribution in [0.5, 0.6) is 0 Å². The van der Waals surface area contributed by atoms with E-state index in [0.717, 1.165) is 25.7 Å². The van der Waals surface area contributed by atoms with Crippen LogP contribution >= 0.6 is 0 Å². The van der Waals surface area contributed by atoms with Crippen molar-refractivity contribution in [2.45, 2.75) is 37.6 Å². The first kappa shape index (κ1) is 10.7. The summed E-state index contributed by atoms with van der Waals surface area (Å²) in [6.45, 7) is 0. The lowest BCUT2D eigenvalue weighted by molar-refractivity contribution is 0.101.